The summed E-state index contributed by atoms with van der Waals surface area (Å²) >= 11 is 7.45. The van der Waals surface area contributed by atoms with Gasteiger partial charge in [0, 0.05) is 10.8 Å². The number of carbonyl (C=O) groups excluding carboxylic acids is 1. The number of nitrogens with zero attached hydrogens (tertiary/aromatic N) is 1. The van der Waals surface area contributed by atoms with Gasteiger partial charge in [0.2, 0.25) is 5.91 Å². The predicted octanol–water partition coefficient (Wildman–Crippen LogP) is 4.51. The maximum Gasteiger partial charge on any atom is 0.250 e. The molecular weight excluding hydrogens is 356 g/mol. The number of carbonyl (C=O) groups is 1. The first kappa shape index (κ1) is 19.3. The smallest absolute Gasteiger partial charge is 0.250 e. The van der Waals surface area contributed by atoms with Gasteiger partial charge in [0.1, 0.15) is 5.75 Å². The normalized spacial score (nSPS) is 11.0. The Morgan fingerprint density at radius 2 is 2.04 bits per heavy atom. The molecular formula is C19H21ClN2O2S. The minimum absolute atomic E-state index is 0.136. The molecule has 0 aliphatic rings. The number of benzene rings is 2. The van der Waals surface area contributed by atoms with Gasteiger partial charge in [-0.3, -0.25) is 4.79 Å². The van der Waals surface area contributed by atoms with Gasteiger partial charge in [0.15, 0.2) is 0 Å². The lowest BCUT2D eigenvalue weighted by Crippen LogP contribution is -2.19. The van der Waals surface area contributed by atoms with E-state index in [2.05, 4.69) is 10.5 Å². The van der Waals surface area contributed by atoms with Crippen molar-refractivity contribution in [3.8, 4) is 5.75 Å². The number of ether oxygens (including phenoxy) is 1. The van der Waals surface area contributed by atoms with Crippen LogP contribution in [0.3, 0.4) is 0 Å². The van der Waals surface area contributed by atoms with Gasteiger partial charge in [-0.15, -0.1) is 11.8 Å². The molecule has 0 saturated heterocycles. The van der Waals surface area contributed by atoms with Crippen LogP contribution in [0.1, 0.15) is 25.0 Å². The molecule has 0 heterocycles. The Morgan fingerprint density at radius 3 is 2.72 bits per heavy atom. The minimum atomic E-state index is -0.136. The standard InChI is InChI=1S/C19H21ClN2O2S/c1-14(2)24-18-8-6-15(7-9-18)11-21-22-19(23)13-25-12-16-4-3-5-17(20)10-16/h3-11,14H,12-13H2,1-2H3,(H,22,23)/b21-11-. The molecule has 2 rings (SSSR count). The highest BCUT2D eigenvalue weighted by molar-refractivity contribution is 7.99. The third-order valence-corrected chi connectivity index (χ3v) is 4.28. The average Bonchev–Trinajstić information content (AvgIpc) is 2.56. The van der Waals surface area contributed by atoms with E-state index in [0.717, 1.165) is 22.6 Å². The molecule has 0 spiro atoms. The number of thioether (sulfide) groups is 1. The summed E-state index contributed by atoms with van der Waals surface area (Å²) in [5.74, 6) is 1.75. The van der Waals surface area contributed by atoms with Crippen LogP contribution in [0.5, 0.6) is 5.75 Å². The summed E-state index contributed by atoms with van der Waals surface area (Å²) in [5.41, 5.74) is 4.51. The zero-order valence-electron chi connectivity index (χ0n) is 14.2. The Hall–Kier alpha value is -1.98. The quantitative estimate of drug-likeness (QED) is 0.544. The highest BCUT2D eigenvalue weighted by atomic mass is 35.5. The van der Waals surface area contributed by atoms with Crippen LogP contribution in [0, 0.1) is 0 Å². The molecule has 2 aromatic carbocycles. The van der Waals surface area contributed by atoms with Gasteiger partial charge < -0.3 is 4.74 Å². The van der Waals surface area contributed by atoms with E-state index in [-0.39, 0.29) is 12.0 Å². The van der Waals surface area contributed by atoms with E-state index in [0.29, 0.717) is 10.8 Å². The molecule has 0 aliphatic carbocycles. The summed E-state index contributed by atoms with van der Waals surface area (Å²) in [6, 6.07) is 15.2. The Morgan fingerprint density at radius 1 is 1.28 bits per heavy atom. The fourth-order valence-corrected chi connectivity index (χ4v) is 2.98. The van der Waals surface area contributed by atoms with Crippen molar-refractivity contribution in [2.75, 3.05) is 5.75 Å². The molecule has 4 nitrogen and oxygen atoms in total. The van der Waals surface area contributed by atoms with Crippen molar-refractivity contribution in [1.82, 2.24) is 5.43 Å². The number of rotatable bonds is 8. The topological polar surface area (TPSA) is 50.7 Å². The molecule has 0 unspecified atom stereocenters. The predicted molar refractivity (Wildman–Crippen MR) is 106 cm³/mol. The lowest BCUT2D eigenvalue weighted by molar-refractivity contribution is -0.118. The van der Waals surface area contributed by atoms with Crippen molar-refractivity contribution in [3.63, 3.8) is 0 Å². The van der Waals surface area contributed by atoms with Gasteiger partial charge in [-0.2, -0.15) is 5.10 Å². The van der Waals surface area contributed by atoms with Crippen LogP contribution < -0.4 is 10.2 Å². The van der Waals surface area contributed by atoms with Crippen LogP contribution in [-0.2, 0) is 10.5 Å². The molecule has 0 saturated carbocycles. The second kappa shape index (κ2) is 10.1. The van der Waals surface area contributed by atoms with Gasteiger partial charge in [0.25, 0.3) is 0 Å². The molecule has 0 radical (unpaired) electrons. The summed E-state index contributed by atoms with van der Waals surface area (Å²) < 4.78 is 5.57. The molecule has 1 amide bonds. The highest BCUT2D eigenvalue weighted by Crippen LogP contribution is 2.16. The zero-order chi connectivity index (χ0) is 18.1. The molecule has 6 heteroatoms. The summed E-state index contributed by atoms with van der Waals surface area (Å²) in [5, 5.41) is 4.68. The van der Waals surface area contributed by atoms with E-state index in [9.17, 15) is 4.79 Å². The first-order valence-electron chi connectivity index (χ1n) is 7.94. The van der Waals surface area contributed by atoms with Crippen molar-refractivity contribution in [1.29, 1.82) is 0 Å². The van der Waals surface area contributed by atoms with Crippen molar-refractivity contribution >= 4 is 35.5 Å². The molecule has 0 aromatic heterocycles. The van der Waals surface area contributed by atoms with Crippen LogP contribution in [0.4, 0.5) is 0 Å². The number of halogens is 1. The monoisotopic (exact) mass is 376 g/mol. The first-order valence-corrected chi connectivity index (χ1v) is 9.47. The minimum Gasteiger partial charge on any atom is -0.491 e. The summed E-state index contributed by atoms with van der Waals surface area (Å²) in [6.45, 7) is 3.96. The maximum absolute atomic E-state index is 11.8. The van der Waals surface area contributed by atoms with Crippen molar-refractivity contribution in [2.24, 2.45) is 5.10 Å². The van der Waals surface area contributed by atoms with Gasteiger partial charge in [-0.25, -0.2) is 5.43 Å². The fourth-order valence-electron chi connectivity index (χ4n) is 2.00. The molecule has 1 N–H and O–H groups in total. The maximum atomic E-state index is 11.8. The lowest BCUT2D eigenvalue weighted by Gasteiger charge is -2.09. The lowest BCUT2D eigenvalue weighted by atomic mass is 10.2. The SMILES string of the molecule is CC(C)Oc1ccc(/C=N\NC(=O)CSCc2cccc(Cl)c2)cc1. The largest absolute Gasteiger partial charge is 0.491 e. The Bertz CT molecular complexity index is 718. The zero-order valence-corrected chi connectivity index (χ0v) is 15.8. The summed E-state index contributed by atoms with van der Waals surface area (Å²) in [6.07, 6.45) is 1.75. The molecule has 0 aliphatic heterocycles. The van der Waals surface area contributed by atoms with Crippen molar-refractivity contribution in [3.05, 3.63) is 64.7 Å². The molecule has 2 aromatic rings. The van der Waals surface area contributed by atoms with Gasteiger partial charge in [0.05, 0.1) is 18.1 Å². The Kier molecular flexibility index (Phi) is 7.82. The number of nitrogens with one attached hydrogen (secondary N) is 1. The van der Waals surface area contributed by atoms with E-state index in [4.69, 9.17) is 16.3 Å². The van der Waals surface area contributed by atoms with Gasteiger partial charge >= 0.3 is 0 Å². The van der Waals surface area contributed by atoms with E-state index in [1.807, 2.05) is 62.4 Å². The second-order valence-electron chi connectivity index (χ2n) is 5.65. The Labute approximate surface area is 157 Å². The van der Waals surface area contributed by atoms with Crippen molar-refractivity contribution in [2.45, 2.75) is 25.7 Å². The summed E-state index contributed by atoms with van der Waals surface area (Å²) in [4.78, 5) is 11.8. The van der Waals surface area contributed by atoms with Crippen LogP contribution in [0.2, 0.25) is 5.02 Å². The average molecular weight is 377 g/mol. The van der Waals surface area contributed by atoms with E-state index >= 15 is 0 Å². The number of amides is 1. The molecule has 25 heavy (non-hydrogen) atoms. The number of hydrogen-bond acceptors (Lipinski definition) is 4. The highest BCUT2D eigenvalue weighted by Gasteiger charge is 2.01. The summed E-state index contributed by atoms with van der Waals surface area (Å²) in [7, 11) is 0. The fraction of sp³-hybridized carbons (Fsp3) is 0.263. The second-order valence-corrected chi connectivity index (χ2v) is 7.07. The number of hydrazone groups is 1. The third-order valence-electron chi connectivity index (χ3n) is 3.05. The van der Waals surface area contributed by atoms with E-state index < -0.39 is 0 Å². The number of hydrogen-bond donors (Lipinski definition) is 1. The van der Waals surface area contributed by atoms with Crippen LogP contribution in [0.15, 0.2) is 53.6 Å². The van der Waals surface area contributed by atoms with E-state index in [1.54, 1.807) is 6.21 Å². The molecule has 0 atom stereocenters. The molecule has 0 bridgehead atoms. The van der Waals surface area contributed by atoms with Gasteiger partial charge in [-0.05, 0) is 61.4 Å². The van der Waals surface area contributed by atoms with E-state index in [1.165, 1.54) is 11.8 Å². The molecule has 0 fully saturated rings. The van der Waals surface area contributed by atoms with Crippen LogP contribution >= 0.6 is 23.4 Å². The van der Waals surface area contributed by atoms with Crippen molar-refractivity contribution < 1.29 is 9.53 Å². The van der Waals surface area contributed by atoms with Crippen LogP contribution in [0.25, 0.3) is 0 Å². The van der Waals surface area contributed by atoms with Crippen LogP contribution in [-0.4, -0.2) is 24.0 Å². The van der Waals surface area contributed by atoms with Gasteiger partial charge in [-0.1, -0.05) is 23.7 Å². The first-order chi connectivity index (χ1) is 12.0. The third kappa shape index (κ3) is 7.63. The Balaban J connectivity index is 1.71. The molecule has 132 valence electrons.